The van der Waals surface area contributed by atoms with Gasteiger partial charge in [0.2, 0.25) is 0 Å². The highest BCUT2D eigenvalue weighted by atomic mass is 32.2. The lowest BCUT2D eigenvalue weighted by Gasteiger charge is -2.14. The highest BCUT2D eigenvalue weighted by Gasteiger charge is 2.22. The Bertz CT molecular complexity index is 965. The van der Waals surface area contributed by atoms with E-state index < -0.39 is 27.8 Å². The maximum Gasteiger partial charge on any atom is 0.347 e. The molecule has 140 valence electrons. The van der Waals surface area contributed by atoms with Crippen LogP contribution in [0.3, 0.4) is 0 Å². The third-order valence-corrected chi connectivity index (χ3v) is 6.01. The van der Waals surface area contributed by atoms with E-state index in [9.17, 15) is 18.0 Å². The number of carbonyl (C=O) groups is 2. The molecule has 1 aromatic carbocycles. The molecular weight excluding hydrogens is 380 g/mol. The van der Waals surface area contributed by atoms with Gasteiger partial charge < -0.3 is 15.2 Å². The summed E-state index contributed by atoms with van der Waals surface area (Å²) in [6.45, 7) is 3.24. The van der Waals surface area contributed by atoms with Crippen LogP contribution in [0.25, 0.3) is 0 Å². The van der Waals surface area contributed by atoms with Crippen LogP contribution in [0.15, 0.2) is 23.1 Å². The highest BCUT2D eigenvalue weighted by Crippen LogP contribution is 2.26. The van der Waals surface area contributed by atoms with Gasteiger partial charge in [-0.05, 0) is 32.0 Å². The van der Waals surface area contributed by atoms with Crippen LogP contribution >= 0.6 is 11.3 Å². The van der Waals surface area contributed by atoms with Crippen molar-refractivity contribution in [2.24, 2.45) is 0 Å². The number of benzene rings is 1. The number of sulfone groups is 1. The molecule has 0 aliphatic rings. The zero-order chi connectivity index (χ0) is 19.6. The van der Waals surface area contributed by atoms with Crippen molar-refractivity contribution in [1.82, 2.24) is 10.3 Å². The first kappa shape index (κ1) is 19.9. The molecule has 0 fully saturated rings. The van der Waals surface area contributed by atoms with Crippen molar-refractivity contribution in [2.75, 3.05) is 13.4 Å². The Labute approximate surface area is 154 Å². The maximum atomic E-state index is 12.6. The predicted octanol–water partition coefficient (Wildman–Crippen LogP) is 2.05. The van der Waals surface area contributed by atoms with Crippen LogP contribution in [0, 0.1) is 6.92 Å². The van der Waals surface area contributed by atoms with Crippen molar-refractivity contribution < 1.29 is 27.9 Å². The number of amides is 1. The second-order valence-electron chi connectivity index (χ2n) is 5.60. The molecule has 2 aromatic rings. The molecule has 1 unspecified atom stereocenters. The quantitative estimate of drug-likeness (QED) is 0.763. The standard InChI is InChI=1S/C16H18N2O6S2/c1-8-13(16(20)21)25-15(18-8)9(2)17-14(19)11-7-10(26(4,22)23)5-6-12(11)24-3/h5-7,9H,1-4H3,(H,17,19)(H,20,21). The highest BCUT2D eigenvalue weighted by molar-refractivity contribution is 7.90. The van der Waals surface area contributed by atoms with Crippen molar-refractivity contribution in [2.45, 2.75) is 24.8 Å². The molecule has 1 aromatic heterocycles. The minimum atomic E-state index is -3.49. The van der Waals surface area contributed by atoms with Gasteiger partial charge in [-0.1, -0.05) is 0 Å². The van der Waals surface area contributed by atoms with Gasteiger partial charge in [-0.25, -0.2) is 18.2 Å². The summed E-state index contributed by atoms with van der Waals surface area (Å²) in [5.74, 6) is -1.40. The van der Waals surface area contributed by atoms with Crippen LogP contribution in [-0.4, -0.2) is 43.8 Å². The molecule has 1 atom stereocenters. The number of methoxy groups -OCH3 is 1. The predicted molar refractivity (Wildman–Crippen MR) is 95.8 cm³/mol. The monoisotopic (exact) mass is 398 g/mol. The van der Waals surface area contributed by atoms with Gasteiger partial charge in [0.25, 0.3) is 5.91 Å². The number of hydrogen-bond donors (Lipinski definition) is 2. The molecule has 0 saturated carbocycles. The molecule has 0 aliphatic carbocycles. The van der Waals surface area contributed by atoms with Crippen LogP contribution in [0.4, 0.5) is 0 Å². The Morgan fingerprint density at radius 2 is 2.00 bits per heavy atom. The Morgan fingerprint density at radius 1 is 1.35 bits per heavy atom. The summed E-state index contributed by atoms with van der Waals surface area (Å²) in [7, 11) is -2.11. The van der Waals surface area contributed by atoms with Gasteiger partial charge in [0.1, 0.15) is 15.6 Å². The van der Waals surface area contributed by atoms with Crippen LogP contribution in [0.5, 0.6) is 5.75 Å². The largest absolute Gasteiger partial charge is 0.496 e. The summed E-state index contributed by atoms with van der Waals surface area (Å²) < 4.78 is 28.6. The van der Waals surface area contributed by atoms with E-state index in [-0.39, 0.29) is 21.1 Å². The average Bonchev–Trinajstić information content (AvgIpc) is 2.95. The van der Waals surface area contributed by atoms with Crippen LogP contribution < -0.4 is 10.1 Å². The summed E-state index contributed by atoms with van der Waals surface area (Å²) in [5.41, 5.74) is 0.435. The molecule has 8 nitrogen and oxygen atoms in total. The van der Waals surface area contributed by atoms with Crippen molar-refractivity contribution in [3.05, 3.63) is 39.3 Å². The minimum absolute atomic E-state index is 0.00522. The summed E-state index contributed by atoms with van der Waals surface area (Å²) in [6, 6.07) is 3.45. The first-order valence-corrected chi connectivity index (χ1v) is 10.1. The lowest BCUT2D eigenvalue weighted by molar-refractivity contribution is 0.0700. The van der Waals surface area contributed by atoms with E-state index >= 15 is 0 Å². The molecule has 10 heteroatoms. The van der Waals surface area contributed by atoms with Gasteiger partial charge in [0, 0.05) is 6.26 Å². The van der Waals surface area contributed by atoms with E-state index in [1.54, 1.807) is 13.8 Å². The number of nitrogens with one attached hydrogen (secondary N) is 1. The molecule has 0 radical (unpaired) electrons. The Balaban J connectivity index is 2.31. The summed E-state index contributed by atoms with van der Waals surface area (Å²) in [6.07, 6.45) is 1.05. The first-order valence-electron chi connectivity index (χ1n) is 7.44. The number of thiazole rings is 1. The zero-order valence-corrected chi connectivity index (χ0v) is 16.2. The lowest BCUT2D eigenvalue weighted by atomic mass is 10.1. The Hall–Kier alpha value is -2.46. The molecule has 1 heterocycles. The lowest BCUT2D eigenvalue weighted by Crippen LogP contribution is -2.27. The van der Waals surface area contributed by atoms with Crippen molar-refractivity contribution in [3.8, 4) is 5.75 Å². The number of carboxylic acids is 1. The first-order chi connectivity index (χ1) is 12.0. The number of aryl methyl sites for hydroxylation is 1. The van der Waals surface area contributed by atoms with Crippen molar-refractivity contribution in [3.63, 3.8) is 0 Å². The number of aromatic carboxylic acids is 1. The second-order valence-corrected chi connectivity index (χ2v) is 8.65. The summed E-state index contributed by atoms with van der Waals surface area (Å²) >= 11 is 0.978. The molecule has 26 heavy (non-hydrogen) atoms. The number of carboxylic acid groups (broad SMARTS) is 1. The number of nitrogens with zero attached hydrogens (tertiary/aromatic N) is 1. The van der Waals surface area contributed by atoms with E-state index in [0.29, 0.717) is 10.7 Å². The molecule has 2 rings (SSSR count). The third kappa shape index (κ3) is 4.20. The molecule has 0 spiro atoms. The van der Waals surface area contributed by atoms with Crippen LogP contribution in [-0.2, 0) is 9.84 Å². The van der Waals surface area contributed by atoms with Crippen LogP contribution in [0.1, 0.15) is 43.7 Å². The van der Waals surface area contributed by atoms with Crippen LogP contribution in [0.2, 0.25) is 0 Å². The van der Waals surface area contributed by atoms with E-state index in [1.807, 2.05) is 0 Å². The van der Waals surface area contributed by atoms with E-state index in [4.69, 9.17) is 9.84 Å². The topological polar surface area (TPSA) is 123 Å². The number of ether oxygens (including phenoxy) is 1. The fourth-order valence-corrected chi connectivity index (χ4v) is 3.79. The molecule has 0 bridgehead atoms. The Kier molecular flexibility index (Phi) is 5.67. The maximum absolute atomic E-state index is 12.6. The van der Waals surface area contributed by atoms with E-state index in [0.717, 1.165) is 17.6 Å². The number of aromatic nitrogens is 1. The smallest absolute Gasteiger partial charge is 0.347 e. The van der Waals surface area contributed by atoms with Gasteiger partial charge in [-0.3, -0.25) is 4.79 Å². The summed E-state index contributed by atoms with van der Waals surface area (Å²) in [4.78, 5) is 28.0. The number of carbonyl (C=O) groups excluding carboxylic acids is 1. The molecule has 2 N–H and O–H groups in total. The molecular formula is C16H18N2O6S2. The fraction of sp³-hybridized carbons (Fsp3) is 0.312. The Morgan fingerprint density at radius 3 is 2.50 bits per heavy atom. The normalized spacial score (nSPS) is 12.5. The van der Waals surface area contributed by atoms with Gasteiger partial charge in [-0.2, -0.15) is 0 Å². The SMILES string of the molecule is COc1ccc(S(C)(=O)=O)cc1C(=O)NC(C)c1nc(C)c(C(=O)O)s1. The second kappa shape index (κ2) is 7.42. The zero-order valence-electron chi connectivity index (χ0n) is 14.6. The fourth-order valence-electron chi connectivity index (χ4n) is 2.23. The van der Waals surface area contributed by atoms with Gasteiger partial charge >= 0.3 is 5.97 Å². The summed E-state index contributed by atoms with van der Waals surface area (Å²) in [5, 5.41) is 12.2. The average molecular weight is 398 g/mol. The number of rotatable bonds is 6. The van der Waals surface area contributed by atoms with Crippen molar-refractivity contribution in [1.29, 1.82) is 0 Å². The molecule has 0 aliphatic heterocycles. The molecule has 0 saturated heterocycles. The third-order valence-electron chi connectivity index (χ3n) is 3.57. The van der Waals surface area contributed by atoms with Gasteiger partial charge in [0.15, 0.2) is 9.84 Å². The van der Waals surface area contributed by atoms with Crippen molar-refractivity contribution >= 4 is 33.1 Å². The van der Waals surface area contributed by atoms with E-state index in [2.05, 4.69) is 10.3 Å². The van der Waals surface area contributed by atoms with E-state index in [1.165, 1.54) is 25.3 Å². The van der Waals surface area contributed by atoms with Gasteiger partial charge in [-0.15, -0.1) is 11.3 Å². The van der Waals surface area contributed by atoms with Gasteiger partial charge in [0.05, 0.1) is 29.3 Å². The minimum Gasteiger partial charge on any atom is -0.496 e. The number of hydrogen-bond acceptors (Lipinski definition) is 7. The molecule has 1 amide bonds.